The van der Waals surface area contributed by atoms with Crippen molar-refractivity contribution in [2.45, 2.75) is 19.4 Å². The fourth-order valence-electron chi connectivity index (χ4n) is 1.42. The number of nitrogens with zero attached hydrogens (tertiary/aromatic N) is 1. The van der Waals surface area contributed by atoms with E-state index in [1.54, 1.807) is 4.90 Å². The van der Waals surface area contributed by atoms with E-state index in [0.29, 0.717) is 0 Å². The predicted octanol–water partition coefficient (Wildman–Crippen LogP) is 0.0130. The molecule has 4 heteroatoms. The maximum Gasteiger partial charge on any atom is 0.317 e. The van der Waals surface area contributed by atoms with E-state index >= 15 is 0 Å². The van der Waals surface area contributed by atoms with Gasteiger partial charge in [0.15, 0.2) is 0 Å². The summed E-state index contributed by atoms with van der Waals surface area (Å²) in [6.07, 6.45) is 6.22. The molecule has 0 saturated carbocycles. The van der Waals surface area contributed by atoms with Gasteiger partial charge in [0.05, 0.1) is 6.04 Å². The molecule has 2 amide bonds. The van der Waals surface area contributed by atoms with Crippen LogP contribution in [0, 0.1) is 12.3 Å². The highest BCUT2D eigenvalue weighted by Crippen LogP contribution is 1.95. The molecule has 78 valence electrons. The summed E-state index contributed by atoms with van der Waals surface area (Å²) in [6.45, 7) is 5.08. The van der Waals surface area contributed by atoms with Gasteiger partial charge in [-0.2, -0.15) is 0 Å². The van der Waals surface area contributed by atoms with Crippen LogP contribution in [0.1, 0.15) is 13.3 Å². The molecule has 1 fully saturated rings. The van der Waals surface area contributed by atoms with E-state index in [-0.39, 0.29) is 12.1 Å². The Morgan fingerprint density at radius 3 is 3.07 bits per heavy atom. The Balaban J connectivity index is 2.15. The molecule has 1 heterocycles. The van der Waals surface area contributed by atoms with Gasteiger partial charge in [-0.3, -0.25) is 0 Å². The van der Waals surface area contributed by atoms with Crippen LogP contribution in [0.25, 0.3) is 0 Å². The Morgan fingerprint density at radius 1 is 1.79 bits per heavy atom. The molecule has 1 aliphatic rings. The Morgan fingerprint density at radius 2 is 2.57 bits per heavy atom. The van der Waals surface area contributed by atoms with Crippen LogP contribution < -0.4 is 10.6 Å². The zero-order chi connectivity index (χ0) is 10.4. The van der Waals surface area contributed by atoms with Crippen molar-refractivity contribution in [2.24, 2.45) is 0 Å². The van der Waals surface area contributed by atoms with Crippen molar-refractivity contribution >= 4 is 6.03 Å². The summed E-state index contributed by atoms with van der Waals surface area (Å²) >= 11 is 0. The summed E-state index contributed by atoms with van der Waals surface area (Å²) in [7, 11) is 0. The Hall–Kier alpha value is -1.21. The molecule has 1 unspecified atom stereocenters. The van der Waals surface area contributed by atoms with E-state index in [9.17, 15) is 4.79 Å². The molecular weight excluding hydrogens is 178 g/mol. The molecule has 0 aromatic carbocycles. The molecule has 1 rings (SSSR count). The van der Waals surface area contributed by atoms with Gasteiger partial charge in [-0.1, -0.05) is 12.8 Å². The molecule has 0 spiro atoms. The Bertz CT molecular complexity index is 234. The highest BCUT2D eigenvalue weighted by molar-refractivity contribution is 5.76. The molecule has 1 aliphatic heterocycles. The van der Waals surface area contributed by atoms with E-state index in [2.05, 4.69) is 16.6 Å². The van der Waals surface area contributed by atoms with Gasteiger partial charge in [-0.05, 0) is 6.42 Å². The van der Waals surface area contributed by atoms with E-state index in [1.807, 2.05) is 6.92 Å². The molecule has 1 atom stereocenters. The minimum atomic E-state index is 0.0283. The third-order valence-corrected chi connectivity index (χ3v) is 2.33. The molecule has 1 saturated heterocycles. The summed E-state index contributed by atoms with van der Waals surface area (Å²) in [5.74, 6) is 2.66. The zero-order valence-corrected chi connectivity index (χ0v) is 8.55. The van der Waals surface area contributed by atoms with Crippen molar-refractivity contribution in [3.05, 3.63) is 0 Å². The molecule has 0 aromatic heterocycles. The predicted molar refractivity (Wildman–Crippen MR) is 55.9 cm³/mol. The van der Waals surface area contributed by atoms with Gasteiger partial charge in [-0.25, -0.2) is 4.79 Å². The topological polar surface area (TPSA) is 44.4 Å². The van der Waals surface area contributed by atoms with Crippen molar-refractivity contribution in [3.8, 4) is 12.3 Å². The van der Waals surface area contributed by atoms with Crippen molar-refractivity contribution in [3.63, 3.8) is 0 Å². The molecule has 0 bridgehead atoms. The van der Waals surface area contributed by atoms with Gasteiger partial charge >= 0.3 is 6.03 Å². The number of terminal acetylenes is 1. The molecule has 0 radical (unpaired) electrons. The summed E-state index contributed by atoms with van der Waals surface area (Å²) in [5.41, 5.74) is 0. The van der Waals surface area contributed by atoms with Gasteiger partial charge in [0.2, 0.25) is 0 Å². The van der Waals surface area contributed by atoms with Crippen molar-refractivity contribution < 1.29 is 4.79 Å². The highest BCUT2D eigenvalue weighted by atomic mass is 16.2. The second kappa shape index (κ2) is 5.51. The largest absolute Gasteiger partial charge is 0.336 e. The first-order chi connectivity index (χ1) is 6.77. The molecule has 14 heavy (non-hydrogen) atoms. The third-order valence-electron chi connectivity index (χ3n) is 2.33. The number of urea groups is 1. The number of rotatable bonds is 5. The first-order valence-corrected chi connectivity index (χ1v) is 5.00. The maximum absolute atomic E-state index is 11.1. The summed E-state index contributed by atoms with van der Waals surface area (Å²) < 4.78 is 0. The maximum atomic E-state index is 11.1. The van der Waals surface area contributed by atoms with Crippen LogP contribution in [-0.2, 0) is 0 Å². The molecule has 0 aromatic rings. The van der Waals surface area contributed by atoms with Crippen LogP contribution in [-0.4, -0.2) is 43.2 Å². The lowest BCUT2D eigenvalue weighted by atomic mass is 10.2. The Kier molecular flexibility index (Phi) is 4.27. The fraction of sp³-hybridized carbons (Fsp3) is 0.700. The average Bonchev–Trinajstić information content (AvgIpc) is 2.59. The van der Waals surface area contributed by atoms with Crippen LogP contribution in [0.5, 0.6) is 0 Å². The van der Waals surface area contributed by atoms with Crippen LogP contribution in [0.3, 0.4) is 0 Å². The monoisotopic (exact) mass is 195 g/mol. The van der Waals surface area contributed by atoms with Gasteiger partial charge < -0.3 is 15.5 Å². The normalized spacial score (nSPS) is 17.7. The van der Waals surface area contributed by atoms with Crippen molar-refractivity contribution in [1.82, 2.24) is 15.5 Å². The van der Waals surface area contributed by atoms with Crippen LogP contribution in [0.2, 0.25) is 0 Å². The number of nitrogens with one attached hydrogen (secondary N) is 2. The first-order valence-electron chi connectivity index (χ1n) is 5.00. The molecule has 2 N–H and O–H groups in total. The van der Waals surface area contributed by atoms with Crippen LogP contribution in [0.15, 0.2) is 0 Å². The summed E-state index contributed by atoms with van der Waals surface area (Å²) in [5, 5.41) is 5.96. The Labute approximate surface area is 85.0 Å². The second-order valence-corrected chi connectivity index (χ2v) is 3.30. The van der Waals surface area contributed by atoms with Crippen molar-refractivity contribution in [2.75, 3.05) is 26.2 Å². The number of carbonyl (C=O) groups excluding carboxylic acids is 1. The minimum Gasteiger partial charge on any atom is -0.336 e. The number of amides is 2. The lowest BCUT2D eigenvalue weighted by Gasteiger charge is -2.16. The molecule has 0 aliphatic carbocycles. The summed E-state index contributed by atoms with van der Waals surface area (Å²) in [4.78, 5) is 12.9. The minimum absolute atomic E-state index is 0.0283. The van der Waals surface area contributed by atoms with E-state index in [4.69, 9.17) is 6.42 Å². The highest BCUT2D eigenvalue weighted by Gasteiger charge is 2.18. The quantitative estimate of drug-likeness (QED) is 0.607. The number of hydrogen-bond acceptors (Lipinski definition) is 2. The number of carbonyl (C=O) groups is 1. The zero-order valence-electron chi connectivity index (χ0n) is 8.55. The van der Waals surface area contributed by atoms with Gasteiger partial charge in [0, 0.05) is 26.2 Å². The fourth-order valence-corrected chi connectivity index (χ4v) is 1.42. The third kappa shape index (κ3) is 2.93. The lowest BCUT2D eigenvalue weighted by molar-refractivity contribution is 0.217. The smallest absolute Gasteiger partial charge is 0.317 e. The molecule has 4 nitrogen and oxygen atoms in total. The van der Waals surface area contributed by atoms with Crippen LogP contribution >= 0.6 is 0 Å². The SMILES string of the molecule is C#CC(CC)NCCN1CCNC1=O. The standard InChI is InChI=1S/C10H17N3O/c1-3-9(4-2)11-5-7-13-8-6-12-10(13)14/h1,9,11H,4-8H2,2H3,(H,12,14). The van der Waals surface area contributed by atoms with Crippen molar-refractivity contribution in [1.29, 1.82) is 0 Å². The second-order valence-electron chi connectivity index (χ2n) is 3.30. The van der Waals surface area contributed by atoms with Gasteiger partial charge in [0.1, 0.15) is 0 Å². The van der Waals surface area contributed by atoms with Crippen LogP contribution in [0.4, 0.5) is 4.79 Å². The average molecular weight is 195 g/mol. The first kappa shape index (κ1) is 10.9. The number of hydrogen-bond donors (Lipinski definition) is 2. The van der Waals surface area contributed by atoms with Gasteiger partial charge in [0.25, 0.3) is 0 Å². The van der Waals surface area contributed by atoms with E-state index < -0.39 is 0 Å². The summed E-state index contributed by atoms with van der Waals surface area (Å²) in [6, 6.07) is 0.154. The lowest BCUT2D eigenvalue weighted by Crippen LogP contribution is -2.37. The molecular formula is C10H17N3O. The van der Waals surface area contributed by atoms with E-state index in [0.717, 1.165) is 32.6 Å². The van der Waals surface area contributed by atoms with Gasteiger partial charge in [-0.15, -0.1) is 6.42 Å². The van der Waals surface area contributed by atoms with E-state index in [1.165, 1.54) is 0 Å².